The van der Waals surface area contributed by atoms with Crippen molar-refractivity contribution in [3.63, 3.8) is 0 Å². The molecule has 0 atom stereocenters. The highest BCUT2D eigenvalue weighted by Crippen LogP contribution is 2.29. The third-order valence-electron chi connectivity index (χ3n) is 3.78. The lowest BCUT2D eigenvalue weighted by molar-refractivity contribution is 0.373. The minimum atomic E-state index is 0.131. The molecule has 1 aliphatic rings. The predicted molar refractivity (Wildman–Crippen MR) is 99.8 cm³/mol. The van der Waals surface area contributed by atoms with Gasteiger partial charge in [-0.25, -0.2) is 0 Å². The Hall–Kier alpha value is -3.34. The van der Waals surface area contributed by atoms with E-state index >= 15 is 0 Å². The molecule has 0 bridgehead atoms. The Morgan fingerprint density at radius 3 is 2.68 bits per heavy atom. The van der Waals surface area contributed by atoms with Gasteiger partial charge in [-0.3, -0.25) is 0 Å². The highest BCUT2D eigenvalue weighted by molar-refractivity contribution is 5.62. The first-order chi connectivity index (χ1) is 12.2. The first-order valence-corrected chi connectivity index (χ1v) is 7.88. The van der Waals surface area contributed by atoms with E-state index in [4.69, 9.17) is 10.5 Å². The molecule has 25 heavy (non-hydrogen) atoms. The summed E-state index contributed by atoms with van der Waals surface area (Å²) in [5.41, 5.74) is 10.0. The van der Waals surface area contributed by atoms with E-state index in [2.05, 4.69) is 10.2 Å². The van der Waals surface area contributed by atoms with Gasteiger partial charge in [-0.05, 0) is 47.9 Å². The van der Waals surface area contributed by atoms with Crippen molar-refractivity contribution in [1.82, 2.24) is 0 Å². The van der Waals surface area contributed by atoms with Crippen molar-refractivity contribution < 1.29 is 9.84 Å². The number of phenols is 1. The van der Waals surface area contributed by atoms with Gasteiger partial charge >= 0.3 is 0 Å². The van der Waals surface area contributed by atoms with Gasteiger partial charge in [-0.1, -0.05) is 36.4 Å². The van der Waals surface area contributed by atoms with Crippen molar-refractivity contribution in [2.45, 2.75) is 6.42 Å². The molecule has 0 unspecified atom stereocenters. The number of azo groups is 1. The van der Waals surface area contributed by atoms with E-state index in [1.165, 1.54) is 7.11 Å². The molecular weight excluding hydrogens is 314 g/mol. The summed E-state index contributed by atoms with van der Waals surface area (Å²) in [6, 6.07) is 12.6. The number of benzene rings is 2. The van der Waals surface area contributed by atoms with Crippen LogP contribution in [0.5, 0.6) is 11.5 Å². The summed E-state index contributed by atoms with van der Waals surface area (Å²) in [4.78, 5) is 0. The smallest absolute Gasteiger partial charge is 0.161 e. The number of para-hydroxylation sites is 1. The molecule has 0 saturated carbocycles. The number of methoxy groups -OCH3 is 1. The highest BCUT2D eigenvalue weighted by atomic mass is 16.5. The van der Waals surface area contributed by atoms with Crippen LogP contribution in [0.3, 0.4) is 0 Å². The molecule has 5 heteroatoms. The summed E-state index contributed by atoms with van der Waals surface area (Å²) in [5, 5.41) is 18.1. The molecule has 0 radical (unpaired) electrons. The fraction of sp³-hybridized carbons (Fsp3) is 0.100. The number of aromatic hydroxyl groups is 1. The molecule has 3 N–H and O–H groups in total. The summed E-state index contributed by atoms with van der Waals surface area (Å²) < 4.78 is 5.13. The zero-order chi connectivity index (χ0) is 17.6. The second-order valence-corrected chi connectivity index (χ2v) is 5.58. The summed E-state index contributed by atoms with van der Waals surface area (Å²) in [6.07, 6.45) is 8.71. The van der Waals surface area contributed by atoms with Crippen LogP contribution < -0.4 is 10.5 Å². The Morgan fingerprint density at radius 2 is 1.96 bits per heavy atom. The number of nitrogens with two attached hydrogens (primary N) is 1. The van der Waals surface area contributed by atoms with Crippen LogP contribution in [0.15, 0.2) is 82.2 Å². The van der Waals surface area contributed by atoms with E-state index in [0.29, 0.717) is 17.1 Å². The maximum Gasteiger partial charge on any atom is 0.161 e. The van der Waals surface area contributed by atoms with Gasteiger partial charge in [-0.15, -0.1) is 5.11 Å². The number of ether oxygens (including phenoxy) is 1. The molecule has 5 nitrogen and oxygen atoms in total. The van der Waals surface area contributed by atoms with Gasteiger partial charge in [0.05, 0.1) is 18.5 Å². The number of phenolic OH excluding ortho intramolecular Hbond substituents is 1. The molecular formula is C20H19N3O2. The summed E-state index contributed by atoms with van der Waals surface area (Å²) in [6.45, 7) is 0. The molecule has 0 heterocycles. The third-order valence-corrected chi connectivity index (χ3v) is 3.78. The maximum absolute atomic E-state index is 9.65. The SMILES string of the molecule is COc1cc(C=C2C=CC(N=Nc3ccccc3N)=CC2)ccc1O. The van der Waals surface area contributed by atoms with Gasteiger partial charge in [-0.2, -0.15) is 5.11 Å². The fourth-order valence-corrected chi connectivity index (χ4v) is 2.42. The number of allylic oxidation sites excluding steroid dienone is 4. The monoisotopic (exact) mass is 333 g/mol. The summed E-state index contributed by atoms with van der Waals surface area (Å²) in [7, 11) is 1.53. The molecule has 0 spiro atoms. The summed E-state index contributed by atoms with van der Waals surface area (Å²) in [5.74, 6) is 0.589. The van der Waals surface area contributed by atoms with Crippen molar-refractivity contribution in [2.75, 3.05) is 12.8 Å². The zero-order valence-corrected chi connectivity index (χ0v) is 13.9. The first kappa shape index (κ1) is 16.5. The molecule has 2 aromatic carbocycles. The van der Waals surface area contributed by atoms with Gasteiger partial charge < -0.3 is 15.6 Å². The Bertz CT molecular complexity index is 896. The standard InChI is InChI=1S/C20H19N3O2/c1-25-20-13-15(8-11-19(20)24)12-14-6-9-16(10-7-14)22-23-18-5-3-2-4-17(18)21/h2-6,8-13,24H,7,21H2,1H3. The van der Waals surface area contributed by atoms with Gasteiger partial charge in [0.15, 0.2) is 11.5 Å². The van der Waals surface area contributed by atoms with Crippen LogP contribution in [0.1, 0.15) is 12.0 Å². The fourth-order valence-electron chi connectivity index (χ4n) is 2.42. The van der Waals surface area contributed by atoms with Crippen LogP contribution in [0.4, 0.5) is 11.4 Å². The van der Waals surface area contributed by atoms with Crippen molar-refractivity contribution in [3.05, 3.63) is 77.5 Å². The normalized spacial score (nSPS) is 15.6. The Balaban J connectivity index is 1.70. The van der Waals surface area contributed by atoms with E-state index in [0.717, 1.165) is 23.3 Å². The second-order valence-electron chi connectivity index (χ2n) is 5.58. The molecule has 3 rings (SSSR count). The van der Waals surface area contributed by atoms with Crippen LogP contribution in [-0.2, 0) is 0 Å². The number of anilines is 1. The predicted octanol–water partition coefficient (Wildman–Crippen LogP) is 4.99. The van der Waals surface area contributed by atoms with Crippen molar-refractivity contribution in [3.8, 4) is 11.5 Å². The molecule has 126 valence electrons. The van der Waals surface area contributed by atoms with E-state index in [1.54, 1.807) is 18.2 Å². The minimum Gasteiger partial charge on any atom is -0.504 e. The highest BCUT2D eigenvalue weighted by Gasteiger charge is 2.04. The van der Waals surface area contributed by atoms with Crippen molar-refractivity contribution in [2.24, 2.45) is 10.2 Å². The third kappa shape index (κ3) is 4.14. The summed E-state index contributed by atoms with van der Waals surface area (Å²) >= 11 is 0. The van der Waals surface area contributed by atoms with Gasteiger partial charge in [0.2, 0.25) is 0 Å². The van der Waals surface area contributed by atoms with Gasteiger partial charge in [0.25, 0.3) is 0 Å². The molecule has 0 aromatic heterocycles. The first-order valence-electron chi connectivity index (χ1n) is 7.88. The lowest BCUT2D eigenvalue weighted by atomic mass is 10.0. The van der Waals surface area contributed by atoms with Crippen LogP contribution in [0.25, 0.3) is 6.08 Å². The van der Waals surface area contributed by atoms with Crippen LogP contribution in [0.2, 0.25) is 0 Å². The molecule has 0 saturated heterocycles. The lowest BCUT2D eigenvalue weighted by Crippen LogP contribution is -1.88. The van der Waals surface area contributed by atoms with E-state index in [1.807, 2.05) is 48.6 Å². The molecule has 0 amide bonds. The Morgan fingerprint density at radius 1 is 1.12 bits per heavy atom. The quantitative estimate of drug-likeness (QED) is 0.610. The van der Waals surface area contributed by atoms with Gasteiger partial charge in [0, 0.05) is 0 Å². The van der Waals surface area contributed by atoms with Crippen molar-refractivity contribution in [1.29, 1.82) is 0 Å². The van der Waals surface area contributed by atoms with Crippen LogP contribution in [-0.4, -0.2) is 12.2 Å². The number of nitrogens with zero attached hydrogens (tertiary/aromatic N) is 2. The maximum atomic E-state index is 9.65. The Labute approximate surface area is 146 Å². The van der Waals surface area contributed by atoms with Crippen LogP contribution in [0, 0.1) is 0 Å². The van der Waals surface area contributed by atoms with E-state index < -0.39 is 0 Å². The molecule has 0 aliphatic heterocycles. The number of rotatable bonds is 4. The minimum absolute atomic E-state index is 0.131. The average molecular weight is 333 g/mol. The molecule has 2 aromatic rings. The lowest BCUT2D eigenvalue weighted by Gasteiger charge is -2.07. The van der Waals surface area contributed by atoms with Crippen LogP contribution >= 0.6 is 0 Å². The number of hydrogen-bond donors (Lipinski definition) is 2. The number of hydrogen-bond acceptors (Lipinski definition) is 5. The second kappa shape index (κ2) is 7.49. The molecule has 1 aliphatic carbocycles. The largest absolute Gasteiger partial charge is 0.504 e. The van der Waals surface area contributed by atoms with E-state index in [-0.39, 0.29) is 5.75 Å². The Kier molecular flexibility index (Phi) is 4.95. The number of nitrogen functional groups attached to an aromatic ring is 1. The van der Waals surface area contributed by atoms with Gasteiger partial charge in [0.1, 0.15) is 5.69 Å². The topological polar surface area (TPSA) is 80.2 Å². The average Bonchev–Trinajstić information content (AvgIpc) is 2.64. The van der Waals surface area contributed by atoms with Crippen molar-refractivity contribution >= 4 is 17.5 Å². The van der Waals surface area contributed by atoms with E-state index in [9.17, 15) is 5.11 Å². The zero-order valence-electron chi connectivity index (χ0n) is 13.9. The molecule has 0 fully saturated rings.